The monoisotopic (exact) mass is 369 g/mol. The standard InChI is InChI=1S/C19H16BrNO2/c1-13-11-15(20)9-10-18(13)23-12-19(22)21-17-8-4-6-14-5-2-3-7-16(14)17/h2-11H,12H2,1H3,(H,21,22). The molecule has 3 rings (SSSR count). The predicted octanol–water partition coefficient (Wildman–Crippen LogP) is 4.93. The van der Waals surface area contributed by atoms with Crippen LogP contribution in [0.25, 0.3) is 10.8 Å². The number of benzene rings is 3. The SMILES string of the molecule is Cc1cc(Br)ccc1OCC(=O)Nc1cccc2ccccc12. The van der Waals surface area contributed by atoms with Crippen LogP contribution >= 0.6 is 15.9 Å². The van der Waals surface area contributed by atoms with E-state index in [0.29, 0.717) is 5.75 Å². The Kier molecular flexibility index (Phi) is 4.63. The van der Waals surface area contributed by atoms with Crippen molar-refractivity contribution in [3.05, 3.63) is 70.7 Å². The molecule has 0 aliphatic heterocycles. The van der Waals surface area contributed by atoms with Crippen LogP contribution in [0.3, 0.4) is 0 Å². The van der Waals surface area contributed by atoms with Gasteiger partial charge in [-0.2, -0.15) is 0 Å². The molecule has 3 nitrogen and oxygen atoms in total. The first-order valence-electron chi connectivity index (χ1n) is 7.30. The average Bonchev–Trinajstić information content (AvgIpc) is 2.54. The van der Waals surface area contributed by atoms with E-state index in [1.54, 1.807) is 0 Å². The second-order valence-corrected chi connectivity index (χ2v) is 6.19. The van der Waals surface area contributed by atoms with Gasteiger partial charge in [0.15, 0.2) is 6.61 Å². The van der Waals surface area contributed by atoms with Crippen LogP contribution in [0.2, 0.25) is 0 Å². The Morgan fingerprint density at radius 2 is 1.87 bits per heavy atom. The van der Waals surface area contributed by atoms with Crippen LogP contribution in [0.15, 0.2) is 65.1 Å². The van der Waals surface area contributed by atoms with Crippen LogP contribution in [-0.4, -0.2) is 12.5 Å². The molecule has 1 N–H and O–H groups in total. The van der Waals surface area contributed by atoms with E-state index < -0.39 is 0 Å². The van der Waals surface area contributed by atoms with Crippen molar-refractivity contribution in [1.82, 2.24) is 0 Å². The van der Waals surface area contributed by atoms with Crippen LogP contribution in [0.1, 0.15) is 5.56 Å². The lowest BCUT2D eigenvalue weighted by atomic mass is 10.1. The van der Waals surface area contributed by atoms with Crippen LogP contribution in [-0.2, 0) is 4.79 Å². The highest BCUT2D eigenvalue weighted by Gasteiger charge is 2.08. The predicted molar refractivity (Wildman–Crippen MR) is 97.0 cm³/mol. The molecule has 4 heteroatoms. The van der Waals surface area contributed by atoms with E-state index in [0.717, 1.165) is 26.5 Å². The molecule has 116 valence electrons. The smallest absolute Gasteiger partial charge is 0.262 e. The molecular weight excluding hydrogens is 354 g/mol. The lowest BCUT2D eigenvalue weighted by Gasteiger charge is -2.11. The fourth-order valence-electron chi connectivity index (χ4n) is 2.44. The van der Waals surface area contributed by atoms with Gasteiger partial charge in [-0.15, -0.1) is 0 Å². The third kappa shape index (κ3) is 3.71. The van der Waals surface area contributed by atoms with Gasteiger partial charge in [-0.3, -0.25) is 4.79 Å². The van der Waals surface area contributed by atoms with E-state index in [4.69, 9.17) is 4.74 Å². The molecule has 0 spiro atoms. The molecule has 0 aromatic heterocycles. The van der Waals surface area contributed by atoms with Gasteiger partial charge in [-0.05, 0) is 42.1 Å². The van der Waals surface area contributed by atoms with Gasteiger partial charge in [0.05, 0.1) is 0 Å². The van der Waals surface area contributed by atoms with Crippen molar-refractivity contribution >= 4 is 38.3 Å². The summed E-state index contributed by atoms with van der Waals surface area (Å²) in [5, 5.41) is 5.02. The molecule has 0 saturated heterocycles. The lowest BCUT2D eigenvalue weighted by molar-refractivity contribution is -0.118. The number of carbonyl (C=O) groups excluding carboxylic acids is 1. The number of carbonyl (C=O) groups is 1. The van der Waals surface area contributed by atoms with E-state index in [1.165, 1.54) is 0 Å². The summed E-state index contributed by atoms with van der Waals surface area (Å²) in [4.78, 5) is 12.2. The lowest BCUT2D eigenvalue weighted by Crippen LogP contribution is -2.20. The summed E-state index contributed by atoms with van der Waals surface area (Å²) in [6, 6.07) is 19.5. The van der Waals surface area contributed by atoms with Crippen molar-refractivity contribution in [3.8, 4) is 5.75 Å². The van der Waals surface area contributed by atoms with Crippen LogP contribution in [0.4, 0.5) is 5.69 Å². The van der Waals surface area contributed by atoms with Gasteiger partial charge in [-0.1, -0.05) is 52.3 Å². The average molecular weight is 370 g/mol. The fraction of sp³-hybridized carbons (Fsp3) is 0.105. The first kappa shape index (κ1) is 15.6. The Balaban J connectivity index is 1.69. The number of anilines is 1. The minimum absolute atomic E-state index is 0.0221. The van der Waals surface area contributed by atoms with E-state index in [1.807, 2.05) is 67.6 Å². The Morgan fingerprint density at radius 3 is 2.70 bits per heavy atom. The second-order valence-electron chi connectivity index (χ2n) is 5.27. The topological polar surface area (TPSA) is 38.3 Å². The number of amides is 1. The van der Waals surface area contributed by atoms with Gasteiger partial charge in [0, 0.05) is 15.5 Å². The van der Waals surface area contributed by atoms with E-state index in [2.05, 4.69) is 21.2 Å². The Morgan fingerprint density at radius 1 is 1.09 bits per heavy atom. The van der Waals surface area contributed by atoms with Crippen molar-refractivity contribution in [1.29, 1.82) is 0 Å². The van der Waals surface area contributed by atoms with Gasteiger partial charge >= 0.3 is 0 Å². The summed E-state index contributed by atoms with van der Waals surface area (Å²) in [7, 11) is 0. The molecule has 1 amide bonds. The third-order valence-electron chi connectivity index (χ3n) is 3.56. The molecule has 0 atom stereocenters. The molecule has 3 aromatic rings. The van der Waals surface area contributed by atoms with Crippen LogP contribution in [0, 0.1) is 6.92 Å². The first-order chi connectivity index (χ1) is 11.1. The van der Waals surface area contributed by atoms with Crippen LogP contribution in [0.5, 0.6) is 5.75 Å². The Bertz CT molecular complexity index is 856. The van der Waals surface area contributed by atoms with Crippen molar-refractivity contribution in [2.75, 3.05) is 11.9 Å². The van der Waals surface area contributed by atoms with Gasteiger partial charge in [0.2, 0.25) is 0 Å². The molecule has 0 aliphatic rings. The highest BCUT2D eigenvalue weighted by Crippen LogP contribution is 2.24. The summed E-state index contributed by atoms with van der Waals surface area (Å²) >= 11 is 3.41. The molecule has 23 heavy (non-hydrogen) atoms. The third-order valence-corrected chi connectivity index (χ3v) is 4.05. The Labute approximate surface area is 143 Å². The Hall–Kier alpha value is -2.33. The summed E-state index contributed by atoms with van der Waals surface area (Å²) in [5.74, 6) is 0.532. The summed E-state index contributed by atoms with van der Waals surface area (Å²) in [6.45, 7) is 1.92. The second kappa shape index (κ2) is 6.84. The number of hydrogen-bond acceptors (Lipinski definition) is 2. The van der Waals surface area contributed by atoms with Crippen molar-refractivity contribution in [2.45, 2.75) is 6.92 Å². The fourth-order valence-corrected chi connectivity index (χ4v) is 2.91. The summed E-state index contributed by atoms with van der Waals surface area (Å²) < 4.78 is 6.59. The maximum absolute atomic E-state index is 12.2. The number of ether oxygens (including phenoxy) is 1. The van der Waals surface area contributed by atoms with E-state index in [9.17, 15) is 4.79 Å². The van der Waals surface area contributed by atoms with Gasteiger partial charge in [0.25, 0.3) is 5.91 Å². The maximum Gasteiger partial charge on any atom is 0.262 e. The molecule has 0 saturated carbocycles. The summed E-state index contributed by atoms with van der Waals surface area (Å²) in [5.41, 5.74) is 1.78. The molecule has 0 aliphatic carbocycles. The largest absolute Gasteiger partial charge is 0.483 e. The number of aryl methyl sites for hydroxylation is 1. The van der Waals surface area contributed by atoms with Crippen molar-refractivity contribution in [3.63, 3.8) is 0 Å². The number of fused-ring (bicyclic) bond motifs is 1. The number of halogens is 1. The number of nitrogens with one attached hydrogen (secondary N) is 1. The van der Waals surface area contributed by atoms with Gasteiger partial charge < -0.3 is 10.1 Å². The zero-order chi connectivity index (χ0) is 16.2. The molecule has 0 fully saturated rings. The number of rotatable bonds is 4. The molecule has 3 aromatic carbocycles. The maximum atomic E-state index is 12.2. The zero-order valence-electron chi connectivity index (χ0n) is 12.7. The van der Waals surface area contributed by atoms with Gasteiger partial charge in [-0.25, -0.2) is 0 Å². The minimum Gasteiger partial charge on any atom is -0.483 e. The highest BCUT2D eigenvalue weighted by molar-refractivity contribution is 9.10. The molecule has 0 bridgehead atoms. The molecule has 0 radical (unpaired) electrons. The van der Waals surface area contributed by atoms with Crippen molar-refractivity contribution < 1.29 is 9.53 Å². The normalized spacial score (nSPS) is 10.5. The number of hydrogen-bond donors (Lipinski definition) is 1. The molecule has 0 heterocycles. The quantitative estimate of drug-likeness (QED) is 0.707. The highest BCUT2D eigenvalue weighted by atomic mass is 79.9. The minimum atomic E-state index is -0.177. The zero-order valence-corrected chi connectivity index (χ0v) is 14.3. The van der Waals surface area contributed by atoms with Gasteiger partial charge in [0.1, 0.15) is 5.75 Å². The van der Waals surface area contributed by atoms with Crippen LogP contribution < -0.4 is 10.1 Å². The van der Waals surface area contributed by atoms with Crippen molar-refractivity contribution in [2.24, 2.45) is 0 Å². The van der Waals surface area contributed by atoms with E-state index >= 15 is 0 Å². The summed E-state index contributed by atoms with van der Waals surface area (Å²) in [6.07, 6.45) is 0. The van der Waals surface area contributed by atoms with E-state index in [-0.39, 0.29) is 12.5 Å². The first-order valence-corrected chi connectivity index (χ1v) is 8.09. The molecular formula is C19H16BrNO2. The molecule has 0 unspecified atom stereocenters.